The van der Waals surface area contributed by atoms with Crippen LogP contribution < -0.4 is 10.2 Å². The molecule has 0 unspecified atom stereocenters. The quantitative estimate of drug-likeness (QED) is 0.668. The van der Waals surface area contributed by atoms with E-state index in [0.717, 1.165) is 29.2 Å². The number of halogens is 3. The van der Waals surface area contributed by atoms with E-state index in [0.29, 0.717) is 31.6 Å². The summed E-state index contributed by atoms with van der Waals surface area (Å²) in [7, 11) is 0. The van der Waals surface area contributed by atoms with E-state index < -0.39 is 11.7 Å². The number of hydrogen-bond acceptors (Lipinski definition) is 5. The molecule has 0 spiro atoms. The van der Waals surface area contributed by atoms with Crippen LogP contribution in [0.2, 0.25) is 0 Å². The van der Waals surface area contributed by atoms with Gasteiger partial charge in [-0.1, -0.05) is 0 Å². The second-order valence-electron chi connectivity index (χ2n) is 7.34. The highest BCUT2D eigenvalue weighted by atomic mass is 19.4. The van der Waals surface area contributed by atoms with Gasteiger partial charge in [-0.2, -0.15) is 13.2 Å². The third-order valence-electron chi connectivity index (χ3n) is 5.30. The van der Waals surface area contributed by atoms with Gasteiger partial charge in [0, 0.05) is 42.7 Å². The second kappa shape index (κ2) is 8.71. The van der Waals surface area contributed by atoms with Crippen molar-refractivity contribution < 1.29 is 18.0 Å². The maximum Gasteiger partial charge on any atom is 0.416 e. The van der Waals surface area contributed by atoms with Crippen molar-refractivity contribution in [3.63, 3.8) is 0 Å². The molecule has 6 nitrogen and oxygen atoms in total. The van der Waals surface area contributed by atoms with Crippen LogP contribution in [0, 0.1) is 5.92 Å². The van der Waals surface area contributed by atoms with Gasteiger partial charge in [0.2, 0.25) is 5.91 Å². The monoisotopic (exact) mass is 427 g/mol. The Balaban J connectivity index is 1.31. The molecule has 31 heavy (non-hydrogen) atoms. The zero-order chi connectivity index (χ0) is 21.8. The van der Waals surface area contributed by atoms with Crippen LogP contribution in [0.1, 0.15) is 18.4 Å². The SMILES string of the molecule is O=C(Nc1ccc(C(F)(F)F)cc1)C1CCN(c2ccc(-c3ccncc3)nn2)CC1. The van der Waals surface area contributed by atoms with Crippen LogP contribution in [0.15, 0.2) is 60.9 Å². The molecule has 0 radical (unpaired) electrons. The summed E-state index contributed by atoms with van der Waals surface area (Å²) in [6.45, 7) is 1.29. The van der Waals surface area contributed by atoms with Gasteiger partial charge in [-0.25, -0.2) is 0 Å². The highest BCUT2D eigenvalue weighted by Gasteiger charge is 2.30. The fourth-order valence-corrected chi connectivity index (χ4v) is 3.53. The molecule has 1 aliphatic rings. The first kappa shape index (κ1) is 20.8. The fourth-order valence-electron chi connectivity index (χ4n) is 3.53. The molecule has 1 N–H and O–H groups in total. The largest absolute Gasteiger partial charge is 0.416 e. The van der Waals surface area contributed by atoms with Crippen LogP contribution in [-0.2, 0) is 11.0 Å². The lowest BCUT2D eigenvalue weighted by atomic mass is 9.95. The molecule has 0 saturated carbocycles. The molecule has 3 heterocycles. The number of pyridine rings is 1. The number of alkyl halides is 3. The molecular weight excluding hydrogens is 407 g/mol. The smallest absolute Gasteiger partial charge is 0.355 e. The van der Waals surface area contributed by atoms with Crippen molar-refractivity contribution in [2.45, 2.75) is 19.0 Å². The average molecular weight is 427 g/mol. The van der Waals surface area contributed by atoms with E-state index in [1.54, 1.807) is 12.4 Å². The Bertz CT molecular complexity index is 1020. The molecule has 1 saturated heterocycles. The number of nitrogens with zero attached hydrogens (tertiary/aromatic N) is 4. The van der Waals surface area contributed by atoms with E-state index in [-0.39, 0.29) is 11.8 Å². The lowest BCUT2D eigenvalue weighted by molar-refractivity contribution is -0.137. The first-order valence-electron chi connectivity index (χ1n) is 9.87. The van der Waals surface area contributed by atoms with E-state index in [4.69, 9.17) is 0 Å². The van der Waals surface area contributed by atoms with Gasteiger partial charge in [-0.3, -0.25) is 9.78 Å². The first-order chi connectivity index (χ1) is 14.9. The normalized spacial score (nSPS) is 15.0. The summed E-state index contributed by atoms with van der Waals surface area (Å²) < 4.78 is 38.0. The van der Waals surface area contributed by atoms with Crippen LogP contribution in [-0.4, -0.2) is 34.2 Å². The van der Waals surface area contributed by atoms with Crippen LogP contribution in [0.5, 0.6) is 0 Å². The van der Waals surface area contributed by atoms with Crippen LogP contribution >= 0.6 is 0 Å². The topological polar surface area (TPSA) is 71.0 Å². The summed E-state index contributed by atoms with van der Waals surface area (Å²) in [5.41, 5.74) is 1.32. The van der Waals surface area contributed by atoms with E-state index in [1.165, 1.54) is 12.1 Å². The molecule has 160 valence electrons. The summed E-state index contributed by atoms with van der Waals surface area (Å²) in [6, 6.07) is 12.0. The van der Waals surface area contributed by atoms with Crippen LogP contribution in [0.4, 0.5) is 24.7 Å². The fraction of sp³-hybridized carbons (Fsp3) is 0.273. The molecule has 9 heteroatoms. The molecular formula is C22H20F3N5O. The lowest BCUT2D eigenvalue weighted by Gasteiger charge is -2.31. The van der Waals surface area contributed by atoms with E-state index in [2.05, 4.69) is 25.4 Å². The number of hydrogen-bond donors (Lipinski definition) is 1. The minimum Gasteiger partial charge on any atom is -0.355 e. The van der Waals surface area contributed by atoms with Gasteiger partial charge < -0.3 is 10.2 Å². The predicted molar refractivity (Wildman–Crippen MR) is 110 cm³/mol. The minimum atomic E-state index is -4.39. The van der Waals surface area contributed by atoms with Crippen LogP contribution in [0.25, 0.3) is 11.3 Å². The zero-order valence-corrected chi connectivity index (χ0v) is 16.5. The number of carbonyl (C=O) groups is 1. The van der Waals surface area contributed by atoms with Crippen molar-refractivity contribution in [3.8, 4) is 11.3 Å². The molecule has 2 aromatic heterocycles. The first-order valence-corrected chi connectivity index (χ1v) is 9.87. The van der Waals surface area contributed by atoms with Crippen molar-refractivity contribution in [2.24, 2.45) is 5.92 Å². The zero-order valence-electron chi connectivity index (χ0n) is 16.5. The highest BCUT2D eigenvalue weighted by Crippen LogP contribution is 2.30. The second-order valence-corrected chi connectivity index (χ2v) is 7.34. The molecule has 4 rings (SSSR count). The Morgan fingerprint density at radius 3 is 2.19 bits per heavy atom. The number of rotatable bonds is 4. The van der Waals surface area contributed by atoms with Gasteiger partial charge in [0.15, 0.2) is 5.82 Å². The molecule has 1 amide bonds. The third-order valence-corrected chi connectivity index (χ3v) is 5.30. The lowest BCUT2D eigenvalue weighted by Crippen LogP contribution is -2.38. The Kier molecular flexibility index (Phi) is 5.83. The van der Waals surface area contributed by atoms with Crippen molar-refractivity contribution in [1.82, 2.24) is 15.2 Å². The number of anilines is 2. The molecule has 0 atom stereocenters. The molecule has 1 aliphatic heterocycles. The summed E-state index contributed by atoms with van der Waals surface area (Å²) in [4.78, 5) is 18.6. The Morgan fingerprint density at radius 1 is 0.935 bits per heavy atom. The average Bonchev–Trinajstić information content (AvgIpc) is 2.80. The van der Waals surface area contributed by atoms with Crippen molar-refractivity contribution in [2.75, 3.05) is 23.3 Å². The molecule has 0 aliphatic carbocycles. The van der Waals surface area contributed by atoms with Crippen molar-refractivity contribution in [1.29, 1.82) is 0 Å². The number of carbonyl (C=O) groups excluding carboxylic acids is 1. The van der Waals surface area contributed by atoms with Crippen LogP contribution in [0.3, 0.4) is 0 Å². The van der Waals surface area contributed by atoms with Gasteiger partial charge >= 0.3 is 6.18 Å². The Morgan fingerprint density at radius 2 is 1.61 bits per heavy atom. The number of piperidine rings is 1. The molecule has 1 aromatic carbocycles. The summed E-state index contributed by atoms with van der Waals surface area (Å²) in [5, 5.41) is 11.3. The van der Waals surface area contributed by atoms with Gasteiger partial charge in [-0.05, 0) is 61.4 Å². The molecule has 0 bridgehead atoms. The molecule has 3 aromatic rings. The van der Waals surface area contributed by atoms with Crippen molar-refractivity contribution in [3.05, 3.63) is 66.5 Å². The maximum absolute atomic E-state index is 12.7. The van der Waals surface area contributed by atoms with E-state index in [1.807, 2.05) is 24.3 Å². The Hall–Kier alpha value is -3.49. The summed E-state index contributed by atoms with van der Waals surface area (Å²) >= 11 is 0. The van der Waals surface area contributed by atoms with Gasteiger partial charge in [0.1, 0.15) is 0 Å². The minimum absolute atomic E-state index is 0.182. The molecule has 1 fully saturated rings. The number of nitrogens with one attached hydrogen (secondary N) is 1. The number of aromatic nitrogens is 3. The predicted octanol–water partition coefficient (Wildman–Crippen LogP) is 4.41. The standard InChI is InChI=1S/C22H20F3N5O/c23-22(24,25)17-1-3-18(4-2-17)27-21(31)16-9-13-30(14-10-16)20-6-5-19(28-29-20)15-7-11-26-12-8-15/h1-8,11-12,16H,9-10,13-14H2,(H,27,31). The van der Waals surface area contributed by atoms with Gasteiger partial charge in [-0.15, -0.1) is 10.2 Å². The third kappa shape index (κ3) is 4.99. The Labute approximate surface area is 177 Å². The number of amides is 1. The van der Waals surface area contributed by atoms with E-state index in [9.17, 15) is 18.0 Å². The number of benzene rings is 1. The van der Waals surface area contributed by atoms with Gasteiger partial charge in [0.25, 0.3) is 0 Å². The maximum atomic E-state index is 12.7. The summed E-state index contributed by atoms with van der Waals surface area (Å²) in [5.74, 6) is 0.362. The highest BCUT2D eigenvalue weighted by molar-refractivity contribution is 5.92. The van der Waals surface area contributed by atoms with Gasteiger partial charge in [0.05, 0.1) is 11.3 Å². The van der Waals surface area contributed by atoms with E-state index >= 15 is 0 Å². The summed E-state index contributed by atoms with van der Waals surface area (Å²) in [6.07, 6.45) is 0.256. The van der Waals surface area contributed by atoms with Crippen molar-refractivity contribution >= 4 is 17.4 Å².